The average Bonchev–Trinajstić information content (AvgIpc) is 3.08. The quantitative estimate of drug-likeness (QED) is 0.297. The Hall–Kier alpha value is -2.84. The topological polar surface area (TPSA) is 13.1 Å². The number of hydrogen-bond acceptors (Lipinski definition) is 1. The van der Waals surface area contributed by atoms with Crippen molar-refractivity contribution in [1.29, 1.82) is 0 Å². The molecule has 4 aromatic carbocycles. The summed E-state index contributed by atoms with van der Waals surface area (Å²) in [6, 6.07) is 31.6. The fraction of sp³-hybridized carbons (Fsp3) is 0. The van der Waals surface area contributed by atoms with Gasteiger partial charge in [0, 0.05) is 20.8 Å². The van der Waals surface area contributed by atoms with Gasteiger partial charge in [-0.25, -0.2) is 0 Å². The average molecular weight is 399 g/mol. The maximum atomic E-state index is 6.16. The lowest BCUT2D eigenvalue weighted by Gasteiger charge is -2.06. The van der Waals surface area contributed by atoms with Crippen LogP contribution in [0.15, 0.2) is 99.9 Å². The number of rotatable bonds is 2. The minimum atomic E-state index is 0.932. The minimum absolute atomic E-state index is 0.932. The fourth-order valence-corrected chi connectivity index (χ4v) is 3.72. The molecule has 26 heavy (non-hydrogen) atoms. The molecule has 0 bridgehead atoms. The van der Waals surface area contributed by atoms with Gasteiger partial charge in [0.05, 0.1) is 0 Å². The summed E-state index contributed by atoms with van der Waals surface area (Å²) in [5.41, 5.74) is 6.59. The highest BCUT2D eigenvalue weighted by molar-refractivity contribution is 9.10. The molecule has 1 heterocycles. The van der Waals surface area contributed by atoms with E-state index in [0.717, 1.165) is 37.5 Å². The largest absolute Gasteiger partial charge is 0.455 e. The number of furan rings is 1. The van der Waals surface area contributed by atoms with E-state index < -0.39 is 0 Å². The van der Waals surface area contributed by atoms with E-state index in [0.29, 0.717) is 0 Å². The van der Waals surface area contributed by atoms with E-state index in [1.807, 2.05) is 12.1 Å². The van der Waals surface area contributed by atoms with Gasteiger partial charge >= 0.3 is 0 Å². The van der Waals surface area contributed by atoms with Crippen LogP contribution in [0.1, 0.15) is 0 Å². The van der Waals surface area contributed by atoms with Crippen molar-refractivity contribution < 1.29 is 4.42 Å². The van der Waals surface area contributed by atoms with Crippen molar-refractivity contribution >= 4 is 37.9 Å². The normalized spacial score (nSPS) is 11.3. The molecule has 1 nitrogen and oxygen atoms in total. The molecule has 5 rings (SSSR count). The highest BCUT2D eigenvalue weighted by atomic mass is 79.9. The zero-order chi connectivity index (χ0) is 17.5. The van der Waals surface area contributed by atoms with Gasteiger partial charge in [0.2, 0.25) is 0 Å². The van der Waals surface area contributed by atoms with Crippen LogP contribution in [-0.2, 0) is 0 Å². The van der Waals surface area contributed by atoms with Gasteiger partial charge in [0.1, 0.15) is 11.2 Å². The van der Waals surface area contributed by atoms with E-state index in [4.69, 9.17) is 4.42 Å². The molecular weight excluding hydrogens is 384 g/mol. The zero-order valence-corrected chi connectivity index (χ0v) is 15.5. The summed E-state index contributed by atoms with van der Waals surface area (Å²) in [4.78, 5) is 0. The summed E-state index contributed by atoms with van der Waals surface area (Å²) < 4.78 is 7.25. The Morgan fingerprint density at radius 1 is 0.538 bits per heavy atom. The lowest BCUT2D eigenvalue weighted by molar-refractivity contribution is 0.670. The molecule has 0 fully saturated rings. The molecule has 0 aliphatic heterocycles. The number of fused-ring (bicyclic) bond motifs is 3. The molecule has 0 radical (unpaired) electrons. The Labute approximate surface area is 160 Å². The summed E-state index contributed by atoms with van der Waals surface area (Å²) in [6.45, 7) is 0. The van der Waals surface area contributed by atoms with E-state index in [1.54, 1.807) is 0 Å². The van der Waals surface area contributed by atoms with Gasteiger partial charge < -0.3 is 4.42 Å². The van der Waals surface area contributed by atoms with Crippen molar-refractivity contribution in [3.8, 4) is 22.3 Å². The Bertz CT molecular complexity index is 1220. The maximum absolute atomic E-state index is 6.16. The molecule has 0 saturated carbocycles. The van der Waals surface area contributed by atoms with Gasteiger partial charge in [-0.2, -0.15) is 0 Å². The van der Waals surface area contributed by atoms with Crippen molar-refractivity contribution in [2.75, 3.05) is 0 Å². The first kappa shape index (κ1) is 15.4. The van der Waals surface area contributed by atoms with Crippen LogP contribution in [0.3, 0.4) is 0 Å². The summed E-state index contributed by atoms with van der Waals surface area (Å²) in [5.74, 6) is 0. The third-order valence-electron chi connectivity index (χ3n) is 4.78. The van der Waals surface area contributed by atoms with Gasteiger partial charge in [0.15, 0.2) is 0 Å². The smallest absolute Gasteiger partial charge is 0.143 e. The Morgan fingerprint density at radius 2 is 1.15 bits per heavy atom. The molecule has 0 spiro atoms. The summed E-state index contributed by atoms with van der Waals surface area (Å²) in [6.07, 6.45) is 0. The van der Waals surface area contributed by atoms with Crippen molar-refractivity contribution in [2.24, 2.45) is 0 Å². The third-order valence-corrected chi connectivity index (χ3v) is 5.31. The van der Waals surface area contributed by atoms with Crippen LogP contribution >= 0.6 is 15.9 Å². The second kappa shape index (κ2) is 6.15. The van der Waals surface area contributed by atoms with Crippen molar-refractivity contribution in [3.63, 3.8) is 0 Å². The summed E-state index contributed by atoms with van der Waals surface area (Å²) >= 11 is 3.49. The lowest BCUT2D eigenvalue weighted by Crippen LogP contribution is -1.81. The minimum Gasteiger partial charge on any atom is -0.455 e. The molecule has 1 aromatic heterocycles. The molecule has 0 aliphatic rings. The highest BCUT2D eigenvalue weighted by Crippen LogP contribution is 2.36. The molecule has 0 unspecified atom stereocenters. The monoisotopic (exact) mass is 398 g/mol. The van der Waals surface area contributed by atoms with Crippen LogP contribution < -0.4 is 0 Å². The molecular formula is C24H15BrO. The molecule has 0 N–H and O–H groups in total. The Kier molecular flexibility index (Phi) is 3.65. The van der Waals surface area contributed by atoms with Gasteiger partial charge in [-0.15, -0.1) is 0 Å². The third kappa shape index (κ3) is 2.54. The number of hydrogen-bond donors (Lipinski definition) is 0. The van der Waals surface area contributed by atoms with Crippen LogP contribution in [0.25, 0.3) is 44.2 Å². The number of benzene rings is 4. The maximum Gasteiger partial charge on any atom is 0.143 e. The first-order chi connectivity index (χ1) is 12.8. The van der Waals surface area contributed by atoms with E-state index in [2.05, 4.69) is 94.8 Å². The lowest BCUT2D eigenvalue weighted by atomic mass is 9.99. The molecule has 124 valence electrons. The zero-order valence-electron chi connectivity index (χ0n) is 13.9. The van der Waals surface area contributed by atoms with Crippen LogP contribution in [0.2, 0.25) is 0 Å². The molecule has 0 aliphatic carbocycles. The van der Waals surface area contributed by atoms with Crippen molar-refractivity contribution in [3.05, 3.63) is 95.5 Å². The van der Waals surface area contributed by atoms with E-state index in [-0.39, 0.29) is 0 Å². The van der Waals surface area contributed by atoms with Crippen LogP contribution in [0, 0.1) is 0 Å². The van der Waals surface area contributed by atoms with Gasteiger partial charge in [-0.05, 0) is 34.9 Å². The first-order valence-electron chi connectivity index (χ1n) is 8.56. The Morgan fingerprint density at radius 3 is 1.92 bits per heavy atom. The number of para-hydroxylation sites is 2. The predicted molar refractivity (Wildman–Crippen MR) is 112 cm³/mol. The van der Waals surface area contributed by atoms with Gasteiger partial charge in [0.25, 0.3) is 0 Å². The first-order valence-corrected chi connectivity index (χ1v) is 9.35. The molecule has 0 saturated heterocycles. The number of halogens is 1. The summed E-state index contributed by atoms with van der Waals surface area (Å²) in [5, 5.41) is 2.32. The molecule has 2 heteroatoms. The van der Waals surface area contributed by atoms with Crippen molar-refractivity contribution in [1.82, 2.24) is 0 Å². The van der Waals surface area contributed by atoms with E-state index >= 15 is 0 Å². The second-order valence-corrected chi connectivity index (χ2v) is 7.28. The van der Waals surface area contributed by atoms with Gasteiger partial charge in [-0.1, -0.05) is 88.7 Å². The van der Waals surface area contributed by atoms with Crippen LogP contribution in [0.5, 0.6) is 0 Å². The van der Waals surface area contributed by atoms with Crippen molar-refractivity contribution in [2.45, 2.75) is 0 Å². The Balaban J connectivity index is 1.62. The SMILES string of the molecule is Brc1ccc(-c2ccc(-c3cccc4c3oc3ccccc34)cc2)cc1. The highest BCUT2D eigenvalue weighted by Gasteiger charge is 2.11. The van der Waals surface area contributed by atoms with E-state index in [1.165, 1.54) is 11.1 Å². The standard InChI is InChI=1S/C24H15BrO/c25-19-14-12-17(13-15-19)16-8-10-18(11-9-16)20-5-3-6-22-21-4-1-2-7-23(21)26-24(20)22/h1-15H. The van der Waals surface area contributed by atoms with E-state index in [9.17, 15) is 0 Å². The summed E-state index contributed by atoms with van der Waals surface area (Å²) in [7, 11) is 0. The fourth-order valence-electron chi connectivity index (χ4n) is 3.46. The van der Waals surface area contributed by atoms with Crippen LogP contribution in [0.4, 0.5) is 0 Å². The van der Waals surface area contributed by atoms with Crippen LogP contribution in [-0.4, -0.2) is 0 Å². The predicted octanol–water partition coefficient (Wildman–Crippen LogP) is 7.68. The molecule has 0 atom stereocenters. The molecule has 5 aromatic rings. The molecule has 0 amide bonds. The second-order valence-electron chi connectivity index (χ2n) is 6.36. The van der Waals surface area contributed by atoms with Gasteiger partial charge in [-0.3, -0.25) is 0 Å².